The van der Waals surface area contributed by atoms with Crippen molar-refractivity contribution in [2.45, 2.75) is 32.9 Å². The SMILES string of the molecule is Cc1ccc(C(C)N(C)C(=O)C(C)N)cc1. The zero-order valence-electron chi connectivity index (χ0n) is 10.4. The number of likely N-dealkylation sites (N-methyl/N-ethyl adjacent to an activating group) is 1. The predicted molar refractivity (Wildman–Crippen MR) is 66.0 cm³/mol. The van der Waals surface area contributed by atoms with E-state index in [0.717, 1.165) is 5.56 Å². The van der Waals surface area contributed by atoms with Crippen LogP contribution in [0.2, 0.25) is 0 Å². The van der Waals surface area contributed by atoms with Crippen molar-refractivity contribution in [1.29, 1.82) is 0 Å². The van der Waals surface area contributed by atoms with Crippen LogP contribution >= 0.6 is 0 Å². The van der Waals surface area contributed by atoms with Crippen molar-refractivity contribution in [1.82, 2.24) is 4.90 Å². The Kier molecular flexibility index (Phi) is 4.07. The van der Waals surface area contributed by atoms with Gasteiger partial charge in [-0.15, -0.1) is 0 Å². The lowest BCUT2D eigenvalue weighted by atomic mass is 10.1. The van der Waals surface area contributed by atoms with Crippen LogP contribution in [0.3, 0.4) is 0 Å². The maximum atomic E-state index is 11.7. The molecule has 2 N–H and O–H groups in total. The summed E-state index contributed by atoms with van der Waals surface area (Å²) in [6, 6.07) is 7.80. The van der Waals surface area contributed by atoms with E-state index in [1.54, 1.807) is 18.9 Å². The molecule has 0 aliphatic heterocycles. The van der Waals surface area contributed by atoms with E-state index in [2.05, 4.69) is 12.1 Å². The molecule has 0 saturated heterocycles. The molecule has 1 rings (SSSR count). The van der Waals surface area contributed by atoms with E-state index >= 15 is 0 Å². The standard InChI is InChI=1S/C13H20N2O/c1-9-5-7-12(8-6-9)11(3)15(4)13(16)10(2)14/h5-8,10-11H,14H2,1-4H3. The molecule has 0 bridgehead atoms. The second-order valence-corrected chi connectivity index (χ2v) is 4.32. The van der Waals surface area contributed by atoms with E-state index in [4.69, 9.17) is 5.73 Å². The molecule has 0 saturated carbocycles. The molecule has 0 aliphatic carbocycles. The molecule has 2 atom stereocenters. The van der Waals surface area contributed by atoms with Gasteiger partial charge in [0.15, 0.2) is 0 Å². The van der Waals surface area contributed by atoms with Gasteiger partial charge in [-0.05, 0) is 26.3 Å². The van der Waals surface area contributed by atoms with E-state index in [9.17, 15) is 4.79 Å². The first kappa shape index (κ1) is 12.7. The first-order valence-corrected chi connectivity index (χ1v) is 5.52. The molecule has 3 nitrogen and oxygen atoms in total. The fraction of sp³-hybridized carbons (Fsp3) is 0.462. The van der Waals surface area contributed by atoms with E-state index in [1.807, 2.05) is 26.0 Å². The zero-order valence-corrected chi connectivity index (χ0v) is 10.4. The van der Waals surface area contributed by atoms with E-state index in [1.165, 1.54) is 5.56 Å². The molecule has 3 heteroatoms. The molecule has 1 amide bonds. The smallest absolute Gasteiger partial charge is 0.239 e. The summed E-state index contributed by atoms with van der Waals surface area (Å²) in [6.45, 7) is 5.76. The molecular weight excluding hydrogens is 200 g/mol. The number of amides is 1. The van der Waals surface area contributed by atoms with Crippen molar-refractivity contribution in [3.8, 4) is 0 Å². The van der Waals surface area contributed by atoms with Crippen LogP contribution in [0.25, 0.3) is 0 Å². The number of carbonyl (C=O) groups excluding carboxylic acids is 1. The molecule has 0 aliphatic rings. The molecule has 2 unspecified atom stereocenters. The average Bonchev–Trinajstić information content (AvgIpc) is 2.27. The van der Waals surface area contributed by atoms with Crippen LogP contribution in [0.1, 0.15) is 31.0 Å². The van der Waals surface area contributed by atoms with Crippen molar-refractivity contribution >= 4 is 5.91 Å². The Morgan fingerprint density at radius 2 is 1.75 bits per heavy atom. The molecule has 0 fully saturated rings. The number of nitrogens with two attached hydrogens (primary N) is 1. The number of hydrogen-bond acceptors (Lipinski definition) is 2. The minimum absolute atomic E-state index is 0.0342. The Morgan fingerprint density at radius 1 is 1.25 bits per heavy atom. The fourth-order valence-corrected chi connectivity index (χ4v) is 1.58. The van der Waals surface area contributed by atoms with Crippen molar-refractivity contribution in [2.24, 2.45) is 5.73 Å². The Morgan fingerprint density at radius 3 is 2.19 bits per heavy atom. The fourth-order valence-electron chi connectivity index (χ4n) is 1.58. The molecule has 16 heavy (non-hydrogen) atoms. The largest absolute Gasteiger partial charge is 0.338 e. The summed E-state index contributed by atoms with van der Waals surface area (Å²) in [4.78, 5) is 13.4. The van der Waals surface area contributed by atoms with Crippen LogP contribution in [-0.2, 0) is 4.79 Å². The Hall–Kier alpha value is -1.35. The molecule has 88 valence electrons. The summed E-state index contributed by atoms with van der Waals surface area (Å²) in [6.07, 6.45) is 0. The quantitative estimate of drug-likeness (QED) is 0.845. The molecule has 0 heterocycles. The average molecular weight is 220 g/mol. The Labute approximate surface area is 97.2 Å². The summed E-state index contributed by atoms with van der Waals surface area (Å²) < 4.78 is 0. The lowest BCUT2D eigenvalue weighted by Crippen LogP contribution is -2.40. The van der Waals surface area contributed by atoms with Crippen LogP contribution in [0.5, 0.6) is 0 Å². The molecule has 1 aromatic rings. The van der Waals surface area contributed by atoms with E-state index < -0.39 is 6.04 Å². The Balaban J connectivity index is 2.81. The van der Waals surface area contributed by atoms with Crippen LogP contribution < -0.4 is 5.73 Å². The normalized spacial score (nSPS) is 14.3. The maximum Gasteiger partial charge on any atom is 0.239 e. The third-order valence-corrected chi connectivity index (χ3v) is 2.88. The van der Waals surface area contributed by atoms with Gasteiger partial charge in [0.05, 0.1) is 12.1 Å². The third kappa shape index (κ3) is 2.83. The third-order valence-electron chi connectivity index (χ3n) is 2.88. The lowest BCUT2D eigenvalue weighted by molar-refractivity contribution is -0.132. The second-order valence-electron chi connectivity index (χ2n) is 4.32. The van der Waals surface area contributed by atoms with Crippen LogP contribution in [0.15, 0.2) is 24.3 Å². The molecular formula is C13H20N2O. The highest BCUT2D eigenvalue weighted by molar-refractivity contribution is 5.81. The monoisotopic (exact) mass is 220 g/mol. The predicted octanol–water partition coefficient (Wildman–Crippen LogP) is 1.86. The highest BCUT2D eigenvalue weighted by atomic mass is 16.2. The van der Waals surface area contributed by atoms with Gasteiger partial charge in [0.25, 0.3) is 0 Å². The lowest BCUT2D eigenvalue weighted by Gasteiger charge is -2.27. The van der Waals surface area contributed by atoms with Crippen LogP contribution in [0, 0.1) is 6.92 Å². The highest BCUT2D eigenvalue weighted by Crippen LogP contribution is 2.19. The minimum atomic E-state index is -0.446. The second kappa shape index (κ2) is 5.12. The van der Waals surface area contributed by atoms with Gasteiger partial charge < -0.3 is 10.6 Å². The summed E-state index contributed by atoms with van der Waals surface area (Å²) in [7, 11) is 1.79. The van der Waals surface area contributed by atoms with Gasteiger partial charge >= 0.3 is 0 Å². The van der Waals surface area contributed by atoms with Gasteiger partial charge in [-0.1, -0.05) is 29.8 Å². The molecule has 0 aromatic heterocycles. The zero-order chi connectivity index (χ0) is 12.3. The first-order valence-electron chi connectivity index (χ1n) is 5.52. The first-order chi connectivity index (χ1) is 7.43. The molecule has 0 spiro atoms. The number of hydrogen-bond donors (Lipinski definition) is 1. The van der Waals surface area contributed by atoms with Crippen LogP contribution in [0.4, 0.5) is 0 Å². The summed E-state index contributed by atoms with van der Waals surface area (Å²) >= 11 is 0. The van der Waals surface area contributed by atoms with Gasteiger partial charge in [0.2, 0.25) is 5.91 Å². The van der Waals surface area contributed by atoms with Crippen LogP contribution in [-0.4, -0.2) is 23.9 Å². The number of benzene rings is 1. The van der Waals surface area contributed by atoms with Gasteiger partial charge in [-0.25, -0.2) is 0 Å². The minimum Gasteiger partial charge on any atom is -0.338 e. The number of rotatable bonds is 3. The van der Waals surface area contributed by atoms with E-state index in [-0.39, 0.29) is 11.9 Å². The van der Waals surface area contributed by atoms with Crippen molar-refractivity contribution in [3.05, 3.63) is 35.4 Å². The number of carbonyl (C=O) groups is 1. The van der Waals surface area contributed by atoms with Gasteiger partial charge in [-0.2, -0.15) is 0 Å². The van der Waals surface area contributed by atoms with Gasteiger partial charge in [0.1, 0.15) is 0 Å². The summed E-state index contributed by atoms with van der Waals surface area (Å²) in [5, 5.41) is 0. The van der Waals surface area contributed by atoms with Gasteiger partial charge in [-0.3, -0.25) is 4.79 Å². The number of aryl methyl sites for hydroxylation is 1. The summed E-state index contributed by atoms with van der Waals surface area (Å²) in [5.41, 5.74) is 7.93. The maximum absolute atomic E-state index is 11.7. The summed E-state index contributed by atoms with van der Waals surface area (Å²) in [5.74, 6) is -0.0342. The molecule has 0 radical (unpaired) electrons. The topological polar surface area (TPSA) is 46.3 Å². The highest BCUT2D eigenvalue weighted by Gasteiger charge is 2.19. The van der Waals surface area contributed by atoms with Crippen molar-refractivity contribution in [3.63, 3.8) is 0 Å². The van der Waals surface area contributed by atoms with Gasteiger partial charge in [0, 0.05) is 7.05 Å². The van der Waals surface area contributed by atoms with E-state index in [0.29, 0.717) is 0 Å². The Bertz CT molecular complexity index is 357. The molecule has 1 aromatic carbocycles. The number of nitrogens with zero attached hydrogens (tertiary/aromatic N) is 1. The van der Waals surface area contributed by atoms with Crippen molar-refractivity contribution in [2.75, 3.05) is 7.05 Å². The van der Waals surface area contributed by atoms with Crippen molar-refractivity contribution < 1.29 is 4.79 Å².